The highest BCUT2D eigenvalue weighted by Crippen LogP contribution is 2.43. The van der Waals surface area contributed by atoms with Crippen molar-refractivity contribution in [2.45, 2.75) is 24.9 Å². The molecule has 1 rings (SSSR count). The number of rotatable bonds is 3. The zero-order valence-corrected chi connectivity index (χ0v) is 5.94. The molecule has 10 heavy (non-hydrogen) atoms. The molecule has 1 saturated carbocycles. The van der Waals surface area contributed by atoms with E-state index in [1.165, 1.54) is 0 Å². The summed E-state index contributed by atoms with van der Waals surface area (Å²) in [5.74, 6) is 2.47. The molecule has 1 atom stereocenters. The van der Waals surface area contributed by atoms with Crippen LogP contribution in [-0.2, 0) is 0 Å². The van der Waals surface area contributed by atoms with Gasteiger partial charge in [0, 0.05) is 13.0 Å². The van der Waals surface area contributed by atoms with Gasteiger partial charge in [0.25, 0.3) is 0 Å². The van der Waals surface area contributed by atoms with Crippen LogP contribution in [0.25, 0.3) is 0 Å². The molecule has 56 valence electrons. The standard InChI is InChI=1S/C8H12FN/c1-2-5-8(9,6-10)7-3-4-7/h1,7H,3-6,10H2. The normalized spacial score (nSPS) is 23.3. The quantitative estimate of drug-likeness (QED) is 0.585. The summed E-state index contributed by atoms with van der Waals surface area (Å²) >= 11 is 0. The molecular formula is C8H12FN. The van der Waals surface area contributed by atoms with Crippen LogP contribution in [0.15, 0.2) is 0 Å². The van der Waals surface area contributed by atoms with Crippen LogP contribution in [0.3, 0.4) is 0 Å². The minimum Gasteiger partial charge on any atom is -0.327 e. The maximum absolute atomic E-state index is 13.4. The summed E-state index contributed by atoms with van der Waals surface area (Å²) in [6.07, 6.45) is 7.09. The Labute approximate surface area is 60.8 Å². The van der Waals surface area contributed by atoms with E-state index in [0.717, 1.165) is 12.8 Å². The molecule has 0 aromatic heterocycles. The third-order valence-electron chi connectivity index (χ3n) is 2.04. The molecule has 0 aliphatic heterocycles. The Balaban J connectivity index is 2.49. The second-order valence-electron chi connectivity index (χ2n) is 2.89. The maximum atomic E-state index is 13.4. The molecule has 1 nitrogen and oxygen atoms in total. The van der Waals surface area contributed by atoms with Gasteiger partial charge in [0.2, 0.25) is 0 Å². The van der Waals surface area contributed by atoms with Crippen LogP contribution in [0, 0.1) is 18.3 Å². The van der Waals surface area contributed by atoms with Crippen molar-refractivity contribution in [3.8, 4) is 12.3 Å². The average Bonchev–Trinajstić information content (AvgIpc) is 2.69. The fourth-order valence-electron chi connectivity index (χ4n) is 1.15. The van der Waals surface area contributed by atoms with Crippen molar-refractivity contribution in [1.29, 1.82) is 0 Å². The molecule has 1 unspecified atom stereocenters. The van der Waals surface area contributed by atoms with Gasteiger partial charge >= 0.3 is 0 Å². The molecule has 0 radical (unpaired) electrons. The van der Waals surface area contributed by atoms with E-state index in [1.54, 1.807) is 0 Å². The summed E-state index contributed by atoms with van der Waals surface area (Å²) in [7, 11) is 0. The molecule has 2 N–H and O–H groups in total. The molecule has 0 bridgehead atoms. The Hall–Kier alpha value is -0.550. The Morgan fingerprint density at radius 1 is 1.70 bits per heavy atom. The van der Waals surface area contributed by atoms with E-state index >= 15 is 0 Å². The van der Waals surface area contributed by atoms with Gasteiger partial charge in [-0.3, -0.25) is 0 Å². The number of halogens is 1. The fourth-order valence-corrected chi connectivity index (χ4v) is 1.15. The van der Waals surface area contributed by atoms with Crippen LogP contribution >= 0.6 is 0 Å². The lowest BCUT2D eigenvalue weighted by molar-refractivity contribution is 0.149. The van der Waals surface area contributed by atoms with Crippen LogP contribution < -0.4 is 5.73 Å². The Bertz CT molecular complexity index is 157. The fraction of sp³-hybridized carbons (Fsp3) is 0.750. The highest BCUT2D eigenvalue weighted by molar-refractivity contribution is 5.03. The third kappa shape index (κ3) is 1.30. The molecule has 0 heterocycles. The summed E-state index contributed by atoms with van der Waals surface area (Å²) in [6, 6.07) is 0. The predicted octanol–water partition coefficient (Wildman–Crippen LogP) is 1.09. The van der Waals surface area contributed by atoms with Crippen molar-refractivity contribution in [2.24, 2.45) is 11.7 Å². The molecule has 0 spiro atoms. The first-order chi connectivity index (χ1) is 4.73. The van der Waals surface area contributed by atoms with Gasteiger partial charge in [-0.2, -0.15) is 0 Å². The minimum absolute atomic E-state index is 0.0713. The summed E-state index contributed by atoms with van der Waals surface area (Å²) in [5, 5.41) is 0. The SMILES string of the molecule is C#CCC(F)(CN)C1CC1. The van der Waals surface area contributed by atoms with Crippen LogP contribution in [0.4, 0.5) is 4.39 Å². The summed E-state index contributed by atoms with van der Waals surface area (Å²) < 4.78 is 13.4. The lowest BCUT2D eigenvalue weighted by atomic mass is 9.97. The van der Waals surface area contributed by atoms with Gasteiger partial charge in [-0.15, -0.1) is 12.3 Å². The smallest absolute Gasteiger partial charge is 0.136 e. The van der Waals surface area contributed by atoms with Crippen molar-refractivity contribution < 1.29 is 4.39 Å². The molecule has 0 aromatic carbocycles. The number of terminal acetylenes is 1. The van der Waals surface area contributed by atoms with Gasteiger partial charge in [0.1, 0.15) is 5.67 Å². The number of nitrogens with two attached hydrogens (primary N) is 1. The molecule has 1 aliphatic rings. The second kappa shape index (κ2) is 2.59. The van der Waals surface area contributed by atoms with Gasteiger partial charge in [0.15, 0.2) is 0 Å². The van der Waals surface area contributed by atoms with Crippen molar-refractivity contribution in [3.63, 3.8) is 0 Å². The number of hydrogen-bond acceptors (Lipinski definition) is 1. The first kappa shape index (κ1) is 7.56. The largest absolute Gasteiger partial charge is 0.327 e. The molecule has 1 aliphatic carbocycles. The molecule has 0 amide bonds. The highest BCUT2D eigenvalue weighted by atomic mass is 19.1. The van der Waals surface area contributed by atoms with E-state index in [9.17, 15) is 4.39 Å². The van der Waals surface area contributed by atoms with Crippen LogP contribution in [0.2, 0.25) is 0 Å². The first-order valence-corrected chi connectivity index (χ1v) is 3.55. The maximum Gasteiger partial charge on any atom is 0.136 e. The van der Waals surface area contributed by atoms with Crippen molar-refractivity contribution in [1.82, 2.24) is 0 Å². The number of alkyl halides is 1. The van der Waals surface area contributed by atoms with E-state index in [4.69, 9.17) is 12.2 Å². The zero-order valence-electron chi connectivity index (χ0n) is 5.94. The van der Waals surface area contributed by atoms with Crippen LogP contribution in [0.1, 0.15) is 19.3 Å². The highest BCUT2D eigenvalue weighted by Gasteiger charge is 2.44. The van der Waals surface area contributed by atoms with E-state index < -0.39 is 5.67 Å². The summed E-state index contributed by atoms with van der Waals surface area (Å²) in [5.41, 5.74) is 4.01. The molecule has 0 aromatic rings. The third-order valence-corrected chi connectivity index (χ3v) is 2.04. The van der Waals surface area contributed by atoms with Crippen LogP contribution in [-0.4, -0.2) is 12.2 Å². The van der Waals surface area contributed by atoms with Gasteiger partial charge in [-0.25, -0.2) is 4.39 Å². The van der Waals surface area contributed by atoms with E-state index in [2.05, 4.69) is 5.92 Å². The monoisotopic (exact) mass is 141 g/mol. The topological polar surface area (TPSA) is 26.0 Å². The lowest BCUT2D eigenvalue weighted by Gasteiger charge is -2.19. The Kier molecular flexibility index (Phi) is 1.96. The zero-order chi connectivity index (χ0) is 7.61. The van der Waals surface area contributed by atoms with Gasteiger partial charge < -0.3 is 5.73 Å². The minimum atomic E-state index is -1.26. The van der Waals surface area contributed by atoms with Crippen molar-refractivity contribution in [2.75, 3.05) is 6.54 Å². The lowest BCUT2D eigenvalue weighted by Crippen LogP contribution is -2.34. The van der Waals surface area contributed by atoms with Gasteiger partial charge in [0.05, 0.1) is 0 Å². The van der Waals surface area contributed by atoms with Crippen LogP contribution in [0.5, 0.6) is 0 Å². The van der Waals surface area contributed by atoms with Crippen molar-refractivity contribution in [3.05, 3.63) is 0 Å². The predicted molar refractivity (Wildman–Crippen MR) is 39.1 cm³/mol. The molecular weight excluding hydrogens is 129 g/mol. The first-order valence-electron chi connectivity index (χ1n) is 3.55. The molecule has 0 saturated heterocycles. The Morgan fingerprint density at radius 3 is 2.60 bits per heavy atom. The van der Waals surface area contributed by atoms with Gasteiger partial charge in [-0.05, 0) is 18.8 Å². The summed E-state index contributed by atoms with van der Waals surface area (Å²) in [4.78, 5) is 0. The Morgan fingerprint density at radius 2 is 2.30 bits per heavy atom. The second-order valence-corrected chi connectivity index (χ2v) is 2.89. The van der Waals surface area contributed by atoms with E-state index in [0.29, 0.717) is 0 Å². The van der Waals surface area contributed by atoms with E-state index in [1.807, 2.05) is 0 Å². The van der Waals surface area contributed by atoms with Crippen molar-refractivity contribution >= 4 is 0 Å². The number of hydrogen-bond donors (Lipinski definition) is 1. The molecule has 1 fully saturated rings. The summed E-state index contributed by atoms with van der Waals surface area (Å²) in [6.45, 7) is 0.0713. The van der Waals surface area contributed by atoms with E-state index in [-0.39, 0.29) is 18.9 Å². The average molecular weight is 141 g/mol. The molecule has 2 heteroatoms. The van der Waals surface area contributed by atoms with Gasteiger partial charge in [-0.1, -0.05) is 0 Å².